The number of anilines is 1. The van der Waals surface area contributed by atoms with Gasteiger partial charge in [-0.2, -0.15) is 0 Å². The minimum absolute atomic E-state index is 0.154. The van der Waals surface area contributed by atoms with Crippen molar-refractivity contribution in [3.05, 3.63) is 53.7 Å². The van der Waals surface area contributed by atoms with Gasteiger partial charge in [-0.05, 0) is 41.8 Å². The molecular formula is C18H18N2O5S. The van der Waals surface area contributed by atoms with E-state index in [-0.39, 0.29) is 4.90 Å². The summed E-state index contributed by atoms with van der Waals surface area (Å²) in [5, 5.41) is 0. The zero-order valence-electron chi connectivity index (χ0n) is 14.4. The molecule has 0 aliphatic carbocycles. The number of pyridine rings is 1. The number of hydrogen-bond acceptors (Lipinski definition) is 6. The van der Waals surface area contributed by atoms with E-state index in [0.717, 1.165) is 5.56 Å². The summed E-state index contributed by atoms with van der Waals surface area (Å²) in [5.74, 6) is 0.414. The van der Waals surface area contributed by atoms with Gasteiger partial charge in [0, 0.05) is 24.9 Å². The minimum atomic E-state index is -3.73. The van der Waals surface area contributed by atoms with Crippen molar-refractivity contribution in [2.45, 2.75) is 11.3 Å². The summed E-state index contributed by atoms with van der Waals surface area (Å²) >= 11 is 0. The number of benzene rings is 1. The van der Waals surface area contributed by atoms with E-state index < -0.39 is 16.0 Å². The number of methoxy groups -OCH3 is 2. The Morgan fingerprint density at radius 3 is 2.81 bits per heavy atom. The van der Waals surface area contributed by atoms with Crippen LogP contribution in [0.1, 0.15) is 11.1 Å². The lowest BCUT2D eigenvalue weighted by Gasteiger charge is -2.19. The summed E-state index contributed by atoms with van der Waals surface area (Å²) in [5.41, 5.74) is 1.51. The van der Waals surface area contributed by atoms with Gasteiger partial charge in [0.1, 0.15) is 11.6 Å². The smallest absolute Gasteiger partial charge is 0.330 e. The van der Waals surface area contributed by atoms with Crippen molar-refractivity contribution >= 4 is 27.9 Å². The standard InChI is InChI=1S/C18H18N2O5S/c1-24-15-4-3-5-16(11-15)26(22,23)20-9-8-14-10-13(12-19-18(14)20)6-7-17(21)25-2/h3-7,10-12H,8-9H2,1-2H3/b7-6+. The Hall–Kier alpha value is -2.87. The topological polar surface area (TPSA) is 85.8 Å². The molecule has 0 saturated heterocycles. The maximum Gasteiger partial charge on any atom is 0.330 e. The number of fused-ring (bicyclic) bond motifs is 1. The second-order valence-corrected chi connectivity index (χ2v) is 7.48. The van der Waals surface area contributed by atoms with Gasteiger partial charge in [-0.3, -0.25) is 0 Å². The number of carbonyl (C=O) groups excluding carboxylic acids is 1. The van der Waals surface area contributed by atoms with E-state index in [1.54, 1.807) is 18.2 Å². The summed E-state index contributed by atoms with van der Waals surface area (Å²) in [6.45, 7) is 0.312. The Labute approximate surface area is 151 Å². The first kappa shape index (κ1) is 17.9. The quantitative estimate of drug-likeness (QED) is 0.588. The highest BCUT2D eigenvalue weighted by atomic mass is 32.2. The minimum Gasteiger partial charge on any atom is -0.497 e. The van der Waals surface area contributed by atoms with Crippen LogP contribution in [0.15, 0.2) is 47.5 Å². The molecule has 0 fully saturated rings. The lowest BCUT2D eigenvalue weighted by Crippen LogP contribution is -2.29. The van der Waals surface area contributed by atoms with Crippen LogP contribution in [0.4, 0.5) is 5.82 Å². The van der Waals surface area contributed by atoms with E-state index >= 15 is 0 Å². The van der Waals surface area contributed by atoms with Crippen molar-refractivity contribution in [1.82, 2.24) is 4.98 Å². The second-order valence-electron chi connectivity index (χ2n) is 5.61. The summed E-state index contributed by atoms with van der Waals surface area (Å²) < 4.78 is 36.9. The van der Waals surface area contributed by atoms with Crippen LogP contribution < -0.4 is 9.04 Å². The molecule has 0 spiro atoms. The molecule has 0 N–H and O–H groups in total. The monoisotopic (exact) mass is 374 g/mol. The second kappa shape index (κ2) is 7.17. The fraction of sp³-hybridized carbons (Fsp3) is 0.222. The molecule has 0 radical (unpaired) electrons. The number of esters is 1. The maximum absolute atomic E-state index is 13.0. The molecule has 7 nitrogen and oxygen atoms in total. The molecule has 2 heterocycles. The van der Waals surface area contributed by atoms with Gasteiger partial charge in [-0.1, -0.05) is 6.07 Å². The molecular weight excluding hydrogens is 356 g/mol. The van der Waals surface area contributed by atoms with E-state index in [9.17, 15) is 13.2 Å². The van der Waals surface area contributed by atoms with Gasteiger partial charge in [0.25, 0.3) is 10.0 Å². The van der Waals surface area contributed by atoms with Crippen LogP contribution in [0.3, 0.4) is 0 Å². The van der Waals surface area contributed by atoms with Gasteiger partial charge in [0.2, 0.25) is 0 Å². The highest BCUT2D eigenvalue weighted by Crippen LogP contribution is 2.32. The Balaban J connectivity index is 1.91. The normalized spacial score (nSPS) is 13.7. The average Bonchev–Trinajstić information content (AvgIpc) is 3.10. The van der Waals surface area contributed by atoms with Crippen molar-refractivity contribution in [2.24, 2.45) is 0 Å². The molecule has 0 atom stereocenters. The van der Waals surface area contributed by atoms with Gasteiger partial charge in [0.05, 0.1) is 19.1 Å². The van der Waals surface area contributed by atoms with Crippen LogP contribution in [0.2, 0.25) is 0 Å². The van der Waals surface area contributed by atoms with Crippen LogP contribution in [-0.4, -0.2) is 40.1 Å². The first-order valence-electron chi connectivity index (χ1n) is 7.87. The van der Waals surface area contributed by atoms with E-state index in [1.165, 1.54) is 42.9 Å². The lowest BCUT2D eigenvalue weighted by molar-refractivity contribution is -0.134. The highest BCUT2D eigenvalue weighted by molar-refractivity contribution is 7.92. The number of rotatable bonds is 5. The molecule has 1 aromatic heterocycles. The van der Waals surface area contributed by atoms with Crippen LogP contribution in [0.25, 0.3) is 6.08 Å². The summed E-state index contributed by atoms with van der Waals surface area (Å²) in [6.07, 6.45) is 4.95. The number of sulfonamides is 1. The molecule has 1 aromatic carbocycles. The molecule has 0 bridgehead atoms. The molecule has 0 amide bonds. The van der Waals surface area contributed by atoms with Crippen molar-refractivity contribution in [3.8, 4) is 5.75 Å². The predicted molar refractivity (Wildman–Crippen MR) is 96.5 cm³/mol. The third-order valence-corrected chi connectivity index (χ3v) is 5.81. The van der Waals surface area contributed by atoms with Crippen LogP contribution >= 0.6 is 0 Å². The molecule has 26 heavy (non-hydrogen) atoms. The molecule has 136 valence electrons. The van der Waals surface area contributed by atoms with Crippen LogP contribution in [0.5, 0.6) is 5.75 Å². The third kappa shape index (κ3) is 3.41. The SMILES string of the molecule is COC(=O)/C=C/c1cnc2c(c1)CCN2S(=O)(=O)c1cccc(OC)c1. The predicted octanol–water partition coefficient (Wildman–Crippen LogP) is 2.03. The number of ether oxygens (including phenoxy) is 2. The Morgan fingerprint density at radius 1 is 1.27 bits per heavy atom. The van der Waals surface area contributed by atoms with Crippen molar-refractivity contribution < 1.29 is 22.7 Å². The third-order valence-electron chi connectivity index (χ3n) is 4.03. The van der Waals surface area contributed by atoms with Crippen molar-refractivity contribution in [1.29, 1.82) is 0 Å². The first-order chi connectivity index (χ1) is 12.5. The molecule has 0 unspecified atom stereocenters. The Kier molecular flexibility index (Phi) is 4.94. The van der Waals surface area contributed by atoms with Crippen LogP contribution in [-0.2, 0) is 26.0 Å². The maximum atomic E-state index is 13.0. The van der Waals surface area contributed by atoms with E-state index in [4.69, 9.17) is 4.74 Å². The van der Waals surface area contributed by atoms with Crippen molar-refractivity contribution in [3.63, 3.8) is 0 Å². The van der Waals surface area contributed by atoms with Gasteiger partial charge in [-0.25, -0.2) is 22.5 Å². The van der Waals surface area contributed by atoms with Gasteiger partial charge in [0.15, 0.2) is 0 Å². The molecule has 8 heteroatoms. The molecule has 2 aromatic rings. The summed E-state index contributed by atoms with van der Waals surface area (Å²) in [7, 11) is -0.940. The number of hydrogen-bond donors (Lipinski definition) is 0. The Morgan fingerprint density at radius 2 is 2.08 bits per heavy atom. The zero-order valence-corrected chi connectivity index (χ0v) is 15.2. The molecule has 1 aliphatic rings. The van der Waals surface area contributed by atoms with E-state index in [0.29, 0.717) is 30.1 Å². The molecule has 0 saturated carbocycles. The van der Waals surface area contributed by atoms with Gasteiger partial charge < -0.3 is 9.47 Å². The fourth-order valence-corrected chi connectivity index (χ4v) is 4.20. The van der Waals surface area contributed by atoms with Gasteiger partial charge >= 0.3 is 5.97 Å². The van der Waals surface area contributed by atoms with Gasteiger partial charge in [-0.15, -0.1) is 0 Å². The summed E-state index contributed by atoms with van der Waals surface area (Å²) in [4.78, 5) is 15.6. The lowest BCUT2D eigenvalue weighted by atomic mass is 10.1. The zero-order chi connectivity index (χ0) is 18.7. The van der Waals surface area contributed by atoms with Crippen LogP contribution in [0, 0.1) is 0 Å². The first-order valence-corrected chi connectivity index (χ1v) is 9.31. The fourth-order valence-electron chi connectivity index (χ4n) is 2.70. The number of aromatic nitrogens is 1. The van der Waals surface area contributed by atoms with E-state index in [1.807, 2.05) is 6.07 Å². The average molecular weight is 374 g/mol. The molecule has 1 aliphatic heterocycles. The number of nitrogens with zero attached hydrogens (tertiary/aromatic N) is 2. The number of carbonyl (C=O) groups is 1. The molecule has 3 rings (SSSR count). The Bertz CT molecular complexity index is 969. The van der Waals surface area contributed by atoms with Crippen molar-refractivity contribution in [2.75, 3.05) is 25.1 Å². The van der Waals surface area contributed by atoms with E-state index in [2.05, 4.69) is 9.72 Å². The highest BCUT2D eigenvalue weighted by Gasteiger charge is 2.32. The summed E-state index contributed by atoms with van der Waals surface area (Å²) in [6, 6.07) is 8.17. The largest absolute Gasteiger partial charge is 0.497 e.